The van der Waals surface area contributed by atoms with Crippen molar-refractivity contribution < 1.29 is 14.7 Å². The number of aromatic nitrogens is 2. The van der Waals surface area contributed by atoms with Gasteiger partial charge < -0.3 is 14.7 Å². The van der Waals surface area contributed by atoms with Gasteiger partial charge >= 0.3 is 0 Å². The Bertz CT molecular complexity index is 889. The van der Waals surface area contributed by atoms with Gasteiger partial charge in [-0.3, -0.25) is 9.36 Å². The van der Waals surface area contributed by atoms with E-state index in [4.69, 9.17) is 9.72 Å². The van der Waals surface area contributed by atoms with Crippen LogP contribution in [0.5, 0.6) is 0 Å². The van der Waals surface area contributed by atoms with Crippen molar-refractivity contribution in [2.24, 2.45) is 5.92 Å². The van der Waals surface area contributed by atoms with Crippen molar-refractivity contribution in [1.82, 2.24) is 9.55 Å². The number of aryl methyl sites for hydroxylation is 1. The lowest BCUT2D eigenvalue weighted by atomic mass is 9.89. The summed E-state index contributed by atoms with van der Waals surface area (Å²) in [5, 5.41) is 12.1. The minimum Gasteiger partial charge on any atom is -0.386 e. The van der Waals surface area contributed by atoms with Gasteiger partial charge in [-0.1, -0.05) is 18.7 Å². The quantitative estimate of drug-likeness (QED) is 0.534. The Hall–Kier alpha value is -0.930. The van der Waals surface area contributed by atoms with Crippen molar-refractivity contribution in [1.29, 1.82) is 0 Å². The molecule has 8 heteroatoms. The SMILES string of the molecule is CCn1c(SC[C@@H](O)C[NH+]2CCOCC2)nc2sc3c(c2c1=O)CC[C@H](C)C3. The van der Waals surface area contributed by atoms with Crippen molar-refractivity contribution in [3.05, 3.63) is 20.8 Å². The lowest BCUT2D eigenvalue weighted by molar-refractivity contribution is -0.910. The minimum atomic E-state index is -0.409. The highest BCUT2D eigenvalue weighted by Crippen LogP contribution is 2.36. The Morgan fingerprint density at radius 3 is 2.96 bits per heavy atom. The zero-order valence-electron chi connectivity index (χ0n) is 16.7. The topological polar surface area (TPSA) is 68.8 Å². The van der Waals surface area contributed by atoms with Crippen LogP contribution in [-0.2, 0) is 24.1 Å². The van der Waals surface area contributed by atoms with Crippen LogP contribution in [-0.4, -0.2) is 59.4 Å². The van der Waals surface area contributed by atoms with Gasteiger partial charge in [0.05, 0.1) is 18.6 Å². The van der Waals surface area contributed by atoms with E-state index in [-0.39, 0.29) is 5.56 Å². The van der Waals surface area contributed by atoms with Crippen LogP contribution < -0.4 is 10.5 Å². The highest BCUT2D eigenvalue weighted by Gasteiger charge is 2.25. The van der Waals surface area contributed by atoms with Crippen LogP contribution in [0.3, 0.4) is 0 Å². The maximum absolute atomic E-state index is 13.2. The molecule has 1 aliphatic heterocycles. The third-order valence-corrected chi connectivity index (χ3v) is 8.10. The number of thioether (sulfide) groups is 1. The smallest absolute Gasteiger partial charge is 0.263 e. The number of thiophene rings is 1. The Kier molecular flexibility index (Phi) is 6.42. The number of fused-ring (bicyclic) bond motifs is 3. The first kappa shape index (κ1) is 20.3. The highest BCUT2D eigenvalue weighted by molar-refractivity contribution is 7.99. The molecule has 0 spiro atoms. The minimum absolute atomic E-state index is 0.0929. The van der Waals surface area contributed by atoms with E-state index in [1.807, 2.05) is 6.92 Å². The van der Waals surface area contributed by atoms with E-state index in [0.29, 0.717) is 18.2 Å². The van der Waals surface area contributed by atoms with E-state index in [1.165, 1.54) is 27.1 Å². The van der Waals surface area contributed by atoms with Crippen LogP contribution in [0.2, 0.25) is 0 Å². The Morgan fingerprint density at radius 1 is 1.43 bits per heavy atom. The lowest BCUT2D eigenvalue weighted by Crippen LogP contribution is -3.15. The summed E-state index contributed by atoms with van der Waals surface area (Å²) in [6, 6.07) is 0. The fourth-order valence-corrected chi connectivity index (χ4v) is 6.63. The molecule has 6 nitrogen and oxygen atoms in total. The maximum Gasteiger partial charge on any atom is 0.263 e. The highest BCUT2D eigenvalue weighted by atomic mass is 32.2. The fourth-order valence-electron chi connectivity index (χ4n) is 4.22. The number of ether oxygens (including phenoxy) is 1. The molecular weight excluding hydrogens is 394 g/mol. The van der Waals surface area contributed by atoms with Gasteiger partial charge in [-0.2, -0.15) is 0 Å². The average Bonchev–Trinajstić information content (AvgIpc) is 3.04. The van der Waals surface area contributed by atoms with E-state index in [9.17, 15) is 9.90 Å². The molecule has 0 unspecified atom stereocenters. The average molecular weight is 425 g/mol. The fraction of sp³-hybridized carbons (Fsp3) is 0.700. The van der Waals surface area contributed by atoms with Crippen molar-refractivity contribution in [3.8, 4) is 0 Å². The first-order valence-corrected chi connectivity index (χ1v) is 12.1. The molecule has 1 aliphatic carbocycles. The van der Waals surface area contributed by atoms with E-state index in [2.05, 4.69) is 6.92 Å². The lowest BCUT2D eigenvalue weighted by Gasteiger charge is -2.25. The summed E-state index contributed by atoms with van der Waals surface area (Å²) in [7, 11) is 0. The molecule has 3 heterocycles. The van der Waals surface area contributed by atoms with Crippen LogP contribution in [0.25, 0.3) is 10.2 Å². The van der Waals surface area contributed by atoms with Crippen LogP contribution in [0.1, 0.15) is 30.7 Å². The van der Waals surface area contributed by atoms with Crippen molar-refractivity contribution in [2.75, 3.05) is 38.6 Å². The second kappa shape index (κ2) is 8.83. The molecule has 2 aliphatic rings. The molecule has 0 saturated carbocycles. The zero-order chi connectivity index (χ0) is 19.7. The molecular formula is C20H30N3O3S2+. The van der Waals surface area contributed by atoms with Gasteiger partial charge in [-0.25, -0.2) is 4.98 Å². The van der Waals surface area contributed by atoms with Crippen LogP contribution in [0.4, 0.5) is 0 Å². The number of hydrogen-bond donors (Lipinski definition) is 2. The number of hydrogen-bond acceptors (Lipinski definition) is 6. The molecule has 0 bridgehead atoms. The first-order chi connectivity index (χ1) is 13.6. The predicted molar refractivity (Wildman–Crippen MR) is 114 cm³/mol. The third kappa shape index (κ3) is 4.16. The first-order valence-electron chi connectivity index (χ1n) is 10.3. The number of aliphatic hydroxyl groups excluding tert-OH is 1. The molecule has 28 heavy (non-hydrogen) atoms. The van der Waals surface area contributed by atoms with Gasteiger partial charge in [0.2, 0.25) is 0 Å². The normalized spacial score (nSPS) is 21.8. The summed E-state index contributed by atoms with van der Waals surface area (Å²) in [5.74, 6) is 1.24. The molecule has 0 radical (unpaired) electrons. The van der Waals surface area contributed by atoms with E-state index < -0.39 is 6.10 Å². The number of nitrogens with one attached hydrogen (secondary N) is 1. The van der Waals surface area contributed by atoms with Gasteiger partial charge in [0.1, 0.15) is 30.6 Å². The van der Waals surface area contributed by atoms with Gasteiger partial charge in [0.15, 0.2) is 5.16 Å². The molecule has 2 aromatic rings. The molecule has 1 fully saturated rings. The molecule has 4 rings (SSSR count). The largest absolute Gasteiger partial charge is 0.386 e. The maximum atomic E-state index is 13.2. The monoisotopic (exact) mass is 424 g/mol. The standard InChI is InChI=1S/C20H29N3O3S2/c1-3-23-19(25)17-15-5-4-13(2)10-16(15)28-18(17)21-20(23)27-12-14(24)11-22-6-8-26-9-7-22/h13-14,24H,3-12H2,1-2H3/p+1/t13-,14-/m0/s1. The number of nitrogens with zero attached hydrogens (tertiary/aromatic N) is 2. The summed E-state index contributed by atoms with van der Waals surface area (Å²) in [4.78, 5) is 21.7. The predicted octanol–water partition coefficient (Wildman–Crippen LogP) is 0.971. The van der Waals surface area contributed by atoms with Crippen molar-refractivity contribution in [3.63, 3.8) is 0 Å². The number of morpholine rings is 1. The van der Waals surface area contributed by atoms with E-state index in [1.54, 1.807) is 15.9 Å². The van der Waals surface area contributed by atoms with Crippen LogP contribution in [0.15, 0.2) is 9.95 Å². The van der Waals surface area contributed by atoms with E-state index >= 15 is 0 Å². The second-order valence-corrected chi connectivity index (χ2v) is 10.1. The summed E-state index contributed by atoms with van der Waals surface area (Å²) >= 11 is 3.20. The summed E-state index contributed by atoms with van der Waals surface area (Å²) in [5.41, 5.74) is 1.33. The number of aliphatic hydroxyl groups is 1. The Labute approximate surface area is 173 Å². The summed E-state index contributed by atoms with van der Waals surface area (Å²) in [6.45, 7) is 9.04. The number of quaternary nitrogens is 1. The van der Waals surface area contributed by atoms with Crippen LogP contribution in [0, 0.1) is 5.92 Å². The molecule has 154 valence electrons. The molecule has 2 aromatic heterocycles. The van der Waals surface area contributed by atoms with Gasteiger partial charge in [0, 0.05) is 17.2 Å². The summed E-state index contributed by atoms with van der Waals surface area (Å²) in [6.07, 6.45) is 2.79. The molecule has 0 aromatic carbocycles. The summed E-state index contributed by atoms with van der Waals surface area (Å²) < 4.78 is 7.17. The van der Waals surface area contributed by atoms with Gasteiger partial charge in [-0.15, -0.1) is 11.3 Å². The number of rotatable bonds is 6. The molecule has 0 amide bonds. The van der Waals surface area contributed by atoms with E-state index in [0.717, 1.165) is 67.5 Å². The van der Waals surface area contributed by atoms with Gasteiger partial charge in [-0.05, 0) is 37.7 Å². The zero-order valence-corrected chi connectivity index (χ0v) is 18.3. The third-order valence-electron chi connectivity index (χ3n) is 5.83. The molecule has 2 N–H and O–H groups in total. The molecule has 2 atom stereocenters. The van der Waals surface area contributed by atoms with Gasteiger partial charge in [0.25, 0.3) is 5.56 Å². The second-order valence-electron chi connectivity index (χ2n) is 8.01. The Balaban J connectivity index is 1.54. The van der Waals surface area contributed by atoms with Crippen molar-refractivity contribution in [2.45, 2.75) is 50.9 Å². The van der Waals surface area contributed by atoms with Crippen LogP contribution >= 0.6 is 23.1 Å². The van der Waals surface area contributed by atoms with Crippen molar-refractivity contribution >= 4 is 33.3 Å². The Morgan fingerprint density at radius 2 is 2.21 bits per heavy atom. The molecule has 1 saturated heterocycles.